The summed E-state index contributed by atoms with van der Waals surface area (Å²) in [6.45, 7) is 10.2. The SMILES string of the molecule is CC(C)(C)NC(=O)OC1CC(Oc2ccc(C(C)(C)c3ccc(Oc4ccnc(Br)n4)cc3)cc2)C1. The van der Waals surface area contributed by atoms with Crippen LogP contribution >= 0.6 is 15.9 Å². The van der Waals surface area contributed by atoms with Crippen LogP contribution < -0.4 is 14.8 Å². The Morgan fingerprint density at radius 3 is 2.03 bits per heavy atom. The van der Waals surface area contributed by atoms with E-state index < -0.39 is 0 Å². The molecule has 1 aliphatic rings. The van der Waals surface area contributed by atoms with Crippen LogP contribution in [0.3, 0.4) is 0 Å². The second-order valence-electron chi connectivity index (χ2n) is 10.6. The maximum atomic E-state index is 11.9. The van der Waals surface area contributed by atoms with E-state index in [1.807, 2.05) is 45.0 Å². The Kier molecular flexibility index (Phi) is 7.54. The molecule has 7 nitrogen and oxygen atoms in total. The van der Waals surface area contributed by atoms with Gasteiger partial charge in [0.25, 0.3) is 0 Å². The number of aromatic nitrogens is 2. The summed E-state index contributed by atoms with van der Waals surface area (Å²) in [5.74, 6) is 2.01. The van der Waals surface area contributed by atoms with Crippen LogP contribution in [0.2, 0.25) is 0 Å². The van der Waals surface area contributed by atoms with E-state index in [2.05, 4.69) is 69.3 Å². The molecule has 190 valence electrons. The minimum Gasteiger partial charge on any atom is -0.490 e. The highest BCUT2D eigenvalue weighted by atomic mass is 79.9. The summed E-state index contributed by atoms with van der Waals surface area (Å²) in [4.78, 5) is 20.1. The van der Waals surface area contributed by atoms with Crippen molar-refractivity contribution in [3.8, 4) is 17.4 Å². The maximum Gasteiger partial charge on any atom is 0.407 e. The third-order valence-corrected chi connectivity index (χ3v) is 6.46. The molecule has 1 amide bonds. The molecule has 1 fully saturated rings. The Labute approximate surface area is 220 Å². The van der Waals surface area contributed by atoms with Crippen molar-refractivity contribution in [3.63, 3.8) is 0 Å². The number of ether oxygens (including phenoxy) is 3. The number of carbonyl (C=O) groups excluding carboxylic acids is 1. The van der Waals surface area contributed by atoms with Gasteiger partial charge in [-0.2, -0.15) is 4.98 Å². The molecule has 4 rings (SSSR count). The van der Waals surface area contributed by atoms with Gasteiger partial charge in [-0.1, -0.05) is 38.1 Å². The average Bonchev–Trinajstić information content (AvgIpc) is 2.77. The number of rotatable bonds is 7. The fourth-order valence-electron chi connectivity index (χ4n) is 3.94. The highest BCUT2D eigenvalue weighted by Gasteiger charge is 2.34. The van der Waals surface area contributed by atoms with Crippen LogP contribution in [0.25, 0.3) is 0 Å². The van der Waals surface area contributed by atoms with Gasteiger partial charge in [0.15, 0.2) is 4.73 Å². The summed E-state index contributed by atoms with van der Waals surface area (Å²) >= 11 is 3.25. The van der Waals surface area contributed by atoms with Crippen LogP contribution in [0.1, 0.15) is 58.6 Å². The summed E-state index contributed by atoms with van der Waals surface area (Å²) in [7, 11) is 0. The first-order valence-electron chi connectivity index (χ1n) is 12.0. The molecular weight excluding hydrogens is 522 g/mol. The number of alkyl carbamates (subject to hydrolysis) is 1. The fraction of sp³-hybridized carbons (Fsp3) is 0.393. The molecule has 1 aromatic heterocycles. The van der Waals surface area contributed by atoms with Gasteiger partial charge in [0.05, 0.1) is 0 Å². The lowest BCUT2D eigenvalue weighted by Gasteiger charge is -2.35. The Morgan fingerprint density at radius 1 is 0.889 bits per heavy atom. The summed E-state index contributed by atoms with van der Waals surface area (Å²) in [6.07, 6.45) is 2.62. The molecule has 1 N–H and O–H groups in total. The number of nitrogens with one attached hydrogen (secondary N) is 1. The lowest BCUT2D eigenvalue weighted by molar-refractivity contribution is -0.0243. The van der Waals surface area contributed by atoms with E-state index in [0.29, 0.717) is 29.2 Å². The van der Waals surface area contributed by atoms with Gasteiger partial charge in [0, 0.05) is 36.1 Å². The topological polar surface area (TPSA) is 82.6 Å². The molecule has 36 heavy (non-hydrogen) atoms. The average molecular weight is 554 g/mol. The van der Waals surface area contributed by atoms with Crippen molar-refractivity contribution in [1.29, 1.82) is 0 Å². The monoisotopic (exact) mass is 553 g/mol. The minimum absolute atomic E-state index is 0.0550. The van der Waals surface area contributed by atoms with Crippen LogP contribution in [-0.2, 0) is 10.2 Å². The van der Waals surface area contributed by atoms with Crippen molar-refractivity contribution >= 4 is 22.0 Å². The first-order chi connectivity index (χ1) is 17.0. The van der Waals surface area contributed by atoms with Crippen LogP contribution in [0.5, 0.6) is 17.4 Å². The fourth-order valence-corrected chi connectivity index (χ4v) is 4.24. The van der Waals surface area contributed by atoms with Crippen LogP contribution in [0.15, 0.2) is 65.5 Å². The third kappa shape index (κ3) is 6.75. The molecule has 1 aliphatic carbocycles. The molecule has 0 aliphatic heterocycles. The van der Waals surface area contributed by atoms with Crippen molar-refractivity contribution in [2.24, 2.45) is 0 Å². The first kappa shape index (κ1) is 25.9. The molecule has 0 spiro atoms. The van der Waals surface area contributed by atoms with E-state index in [1.54, 1.807) is 12.3 Å². The van der Waals surface area contributed by atoms with Crippen LogP contribution in [0, 0.1) is 0 Å². The predicted octanol–water partition coefficient (Wildman–Crippen LogP) is 6.79. The highest BCUT2D eigenvalue weighted by molar-refractivity contribution is 9.10. The van der Waals surface area contributed by atoms with Gasteiger partial charge in [-0.25, -0.2) is 9.78 Å². The predicted molar refractivity (Wildman–Crippen MR) is 142 cm³/mol. The Bertz CT molecular complexity index is 1180. The zero-order chi connectivity index (χ0) is 25.9. The standard InChI is InChI=1S/C28H32BrN3O4/c1-27(2,3)32-26(33)36-23-16-22(17-23)34-20-10-6-18(7-11-20)28(4,5)19-8-12-21(13-9-19)35-24-14-15-30-25(29)31-24/h6-15,22-23H,16-17H2,1-5H3,(H,32,33). The van der Waals surface area contributed by atoms with Gasteiger partial charge in [-0.3, -0.25) is 0 Å². The normalized spacial score (nSPS) is 17.6. The number of hydrogen-bond acceptors (Lipinski definition) is 6. The van der Waals surface area contributed by atoms with Crippen molar-refractivity contribution in [1.82, 2.24) is 15.3 Å². The summed E-state index contributed by atoms with van der Waals surface area (Å²) in [6, 6.07) is 17.9. The van der Waals surface area contributed by atoms with Gasteiger partial charge in [-0.15, -0.1) is 0 Å². The second kappa shape index (κ2) is 10.5. The van der Waals surface area contributed by atoms with E-state index >= 15 is 0 Å². The molecule has 8 heteroatoms. The van der Waals surface area contributed by atoms with Crippen molar-refractivity contribution in [2.75, 3.05) is 0 Å². The van der Waals surface area contributed by atoms with Gasteiger partial charge in [0.2, 0.25) is 5.88 Å². The number of benzene rings is 2. The smallest absolute Gasteiger partial charge is 0.407 e. The van der Waals surface area contributed by atoms with Crippen LogP contribution in [-0.4, -0.2) is 33.8 Å². The summed E-state index contributed by atoms with van der Waals surface area (Å²) < 4.78 is 17.8. The maximum absolute atomic E-state index is 11.9. The largest absolute Gasteiger partial charge is 0.490 e. The molecule has 2 aromatic carbocycles. The minimum atomic E-state index is -0.376. The van der Waals surface area contributed by atoms with E-state index in [0.717, 1.165) is 5.75 Å². The number of carbonyl (C=O) groups is 1. The number of nitrogens with zero attached hydrogens (tertiary/aromatic N) is 2. The van der Waals surface area contributed by atoms with Crippen LogP contribution in [0.4, 0.5) is 4.79 Å². The van der Waals surface area contributed by atoms with E-state index in [4.69, 9.17) is 14.2 Å². The molecule has 0 unspecified atom stereocenters. The molecule has 0 saturated heterocycles. The van der Waals surface area contributed by atoms with Crippen molar-refractivity contribution < 1.29 is 19.0 Å². The van der Waals surface area contributed by atoms with Gasteiger partial charge in [-0.05, 0) is 72.1 Å². The molecular formula is C28H32BrN3O4. The van der Waals surface area contributed by atoms with Gasteiger partial charge < -0.3 is 19.5 Å². The lowest BCUT2D eigenvalue weighted by Crippen LogP contribution is -2.46. The summed E-state index contributed by atoms with van der Waals surface area (Å²) in [5, 5.41) is 2.82. The second-order valence-corrected chi connectivity index (χ2v) is 11.3. The number of amides is 1. The van der Waals surface area contributed by atoms with E-state index in [9.17, 15) is 4.79 Å². The van der Waals surface area contributed by atoms with E-state index in [-0.39, 0.29) is 29.3 Å². The van der Waals surface area contributed by atoms with Gasteiger partial charge in [0.1, 0.15) is 23.7 Å². The van der Waals surface area contributed by atoms with Crippen molar-refractivity contribution in [3.05, 3.63) is 76.7 Å². The number of hydrogen-bond donors (Lipinski definition) is 1. The van der Waals surface area contributed by atoms with Gasteiger partial charge >= 0.3 is 6.09 Å². The third-order valence-electron chi connectivity index (χ3n) is 6.08. The molecule has 0 bridgehead atoms. The Morgan fingerprint density at radius 2 is 1.47 bits per heavy atom. The Balaban J connectivity index is 1.30. The summed E-state index contributed by atoms with van der Waals surface area (Å²) in [5.41, 5.74) is 1.83. The zero-order valence-electron chi connectivity index (χ0n) is 21.2. The molecule has 3 aromatic rings. The molecule has 0 atom stereocenters. The molecule has 1 heterocycles. The number of halogens is 1. The Hall–Kier alpha value is -3.13. The quantitative estimate of drug-likeness (QED) is 0.324. The zero-order valence-corrected chi connectivity index (χ0v) is 22.8. The molecule has 0 radical (unpaired) electrons. The molecule has 1 saturated carbocycles. The first-order valence-corrected chi connectivity index (χ1v) is 12.8. The lowest BCUT2D eigenvalue weighted by atomic mass is 9.78. The highest BCUT2D eigenvalue weighted by Crippen LogP contribution is 2.35. The van der Waals surface area contributed by atoms with E-state index in [1.165, 1.54) is 11.1 Å². The van der Waals surface area contributed by atoms with Crippen molar-refractivity contribution in [2.45, 2.75) is 70.6 Å².